The van der Waals surface area contributed by atoms with E-state index in [4.69, 9.17) is 0 Å². The van der Waals surface area contributed by atoms with Gasteiger partial charge in [0.15, 0.2) is 0 Å². The fraction of sp³-hybridized carbons (Fsp3) is 0.333. The van der Waals surface area contributed by atoms with E-state index in [0.717, 1.165) is 22.3 Å². The first-order chi connectivity index (χ1) is 12.1. The van der Waals surface area contributed by atoms with E-state index in [1.54, 1.807) is 0 Å². The van der Waals surface area contributed by atoms with Crippen LogP contribution in [0.15, 0.2) is 48.5 Å². The van der Waals surface area contributed by atoms with Gasteiger partial charge >= 0.3 is 0 Å². The number of likely N-dealkylation sites (tertiary alicyclic amines) is 1. The number of benzene rings is 2. The van der Waals surface area contributed by atoms with Crippen LogP contribution in [-0.2, 0) is 15.0 Å². The van der Waals surface area contributed by atoms with Gasteiger partial charge in [-0.1, -0.05) is 55.5 Å². The smallest absolute Gasteiger partial charge is 0.234 e. The van der Waals surface area contributed by atoms with Gasteiger partial charge in [-0.05, 0) is 22.3 Å². The van der Waals surface area contributed by atoms with Crippen LogP contribution in [0.3, 0.4) is 0 Å². The summed E-state index contributed by atoms with van der Waals surface area (Å²) in [5.41, 5.74) is 4.14. The largest absolute Gasteiger partial charge is 0.395 e. The Hall–Kier alpha value is -2.46. The number of imide groups is 1. The predicted molar refractivity (Wildman–Crippen MR) is 92.0 cm³/mol. The molecule has 1 fully saturated rings. The Bertz CT molecular complexity index is 871. The van der Waals surface area contributed by atoms with Gasteiger partial charge in [-0.15, -0.1) is 0 Å². The lowest BCUT2D eigenvalue weighted by atomic mass is 9.48. The fourth-order valence-electron chi connectivity index (χ4n) is 5.53. The van der Waals surface area contributed by atoms with Crippen molar-refractivity contribution in [2.75, 3.05) is 13.2 Å². The molecule has 4 aliphatic rings. The van der Waals surface area contributed by atoms with Crippen molar-refractivity contribution >= 4 is 11.8 Å². The van der Waals surface area contributed by atoms with Crippen molar-refractivity contribution in [3.63, 3.8) is 0 Å². The molecule has 2 bridgehead atoms. The Balaban J connectivity index is 1.83. The Kier molecular flexibility index (Phi) is 2.85. The Labute approximate surface area is 146 Å². The molecule has 4 nitrogen and oxygen atoms in total. The SMILES string of the molecule is CC12c3ccccc3C(c3ccccc31)C1C(=O)N(CCO)C(=O)C12. The molecule has 2 unspecified atom stereocenters. The molecule has 6 rings (SSSR count). The number of hydrogen-bond acceptors (Lipinski definition) is 3. The maximum absolute atomic E-state index is 13.1. The van der Waals surface area contributed by atoms with Crippen LogP contribution in [0.4, 0.5) is 0 Å². The Morgan fingerprint density at radius 1 is 0.960 bits per heavy atom. The average molecular weight is 333 g/mol. The minimum Gasteiger partial charge on any atom is -0.395 e. The van der Waals surface area contributed by atoms with Crippen LogP contribution < -0.4 is 0 Å². The fourth-order valence-corrected chi connectivity index (χ4v) is 5.53. The minimum absolute atomic E-state index is 0.0835. The van der Waals surface area contributed by atoms with E-state index < -0.39 is 5.41 Å². The number of hydrogen-bond donors (Lipinski definition) is 1. The molecule has 0 radical (unpaired) electrons. The molecule has 0 saturated carbocycles. The second kappa shape index (κ2) is 4.79. The summed E-state index contributed by atoms with van der Waals surface area (Å²) in [5, 5.41) is 9.31. The second-order valence-electron chi connectivity index (χ2n) is 7.41. The summed E-state index contributed by atoms with van der Waals surface area (Å²) < 4.78 is 0. The predicted octanol–water partition coefficient (Wildman–Crippen LogP) is 2.04. The minimum atomic E-state index is -0.510. The molecular formula is C21H19NO3. The number of aliphatic hydroxyl groups is 1. The van der Waals surface area contributed by atoms with Crippen LogP contribution >= 0.6 is 0 Å². The summed E-state index contributed by atoms with van der Waals surface area (Å²) >= 11 is 0. The average Bonchev–Trinajstić information content (AvgIpc) is 2.89. The van der Waals surface area contributed by atoms with Gasteiger partial charge in [-0.3, -0.25) is 14.5 Å². The molecule has 126 valence electrons. The molecule has 1 aliphatic heterocycles. The van der Waals surface area contributed by atoms with Crippen molar-refractivity contribution in [3.8, 4) is 0 Å². The number of carbonyl (C=O) groups is 2. The van der Waals surface area contributed by atoms with Crippen LogP contribution in [0, 0.1) is 11.8 Å². The van der Waals surface area contributed by atoms with Crippen LogP contribution in [0.5, 0.6) is 0 Å². The quantitative estimate of drug-likeness (QED) is 0.856. The van der Waals surface area contributed by atoms with E-state index in [-0.39, 0.29) is 42.7 Å². The molecule has 2 aromatic rings. The van der Waals surface area contributed by atoms with Crippen LogP contribution in [0.25, 0.3) is 0 Å². The standard InChI is InChI=1S/C21H19NO3/c1-21-14-8-4-2-6-12(14)16(13-7-3-5-9-15(13)21)17-18(21)20(25)22(10-11-23)19(17)24/h2-9,16-18,23H,10-11H2,1H3. The van der Waals surface area contributed by atoms with E-state index in [1.807, 2.05) is 24.3 Å². The van der Waals surface area contributed by atoms with Gasteiger partial charge in [-0.25, -0.2) is 0 Å². The number of carbonyl (C=O) groups excluding carboxylic acids is 2. The van der Waals surface area contributed by atoms with Crippen LogP contribution in [-0.4, -0.2) is 35.0 Å². The van der Waals surface area contributed by atoms with Crippen molar-refractivity contribution in [2.24, 2.45) is 11.8 Å². The van der Waals surface area contributed by atoms with Crippen molar-refractivity contribution in [1.82, 2.24) is 4.90 Å². The highest BCUT2D eigenvalue weighted by Gasteiger charge is 2.66. The highest BCUT2D eigenvalue weighted by atomic mass is 16.3. The Morgan fingerprint density at radius 2 is 1.52 bits per heavy atom. The van der Waals surface area contributed by atoms with Gasteiger partial charge in [0.05, 0.1) is 25.0 Å². The number of aliphatic hydroxyl groups excluding tert-OH is 1. The number of β-amino-alcohol motifs (C(OH)–C–C–N with tert-alkyl or cyclic N) is 1. The summed E-state index contributed by atoms with van der Waals surface area (Å²) in [6.07, 6.45) is 0. The van der Waals surface area contributed by atoms with Gasteiger partial charge < -0.3 is 5.11 Å². The molecule has 25 heavy (non-hydrogen) atoms. The number of amides is 2. The molecule has 1 heterocycles. The topological polar surface area (TPSA) is 57.6 Å². The Morgan fingerprint density at radius 3 is 2.08 bits per heavy atom. The van der Waals surface area contributed by atoms with E-state index >= 15 is 0 Å². The van der Waals surface area contributed by atoms with Crippen molar-refractivity contribution in [3.05, 3.63) is 70.8 Å². The zero-order chi connectivity index (χ0) is 17.3. The van der Waals surface area contributed by atoms with E-state index in [9.17, 15) is 14.7 Å². The van der Waals surface area contributed by atoms with Gasteiger partial charge in [0, 0.05) is 11.3 Å². The van der Waals surface area contributed by atoms with Crippen LogP contribution in [0.2, 0.25) is 0 Å². The third-order valence-corrected chi connectivity index (χ3v) is 6.46. The normalized spacial score (nSPS) is 31.8. The number of rotatable bonds is 2. The molecule has 0 aromatic heterocycles. The van der Waals surface area contributed by atoms with Gasteiger partial charge in [0.1, 0.15) is 0 Å². The van der Waals surface area contributed by atoms with E-state index in [0.29, 0.717) is 0 Å². The second-order valence-corrected chi connectivity index (χ2v) is 7.41. The lowest BCUT2D eigenvalue weighted by molar-refractivity contribution is -0.140. The van der Waals surface area contributed by atoms with Crippen LogP contribution in [0.1, 0.15) is 35.1 Å². The molecule has 3 aliphatic carbocycles. The van der Waals surface area contributed by atoms with Crippen molar-refractivity contribution in [2.45, 2.75) is 18.3 Å². The number of nitrogens with zero attached hydrogens (tertiary/aromatic N) is 1. The molecule has 4 heteroatoms. The lowest BCUT2D eigenvalue weighted by Gasteiger charge is -2.52. The van der Waals surface area contributed by atoms with E-state index in [2.05, 4.69) is 31.2 Å². The summed E-state index contributed by atoms with van der Waals surface area (Å²) in [7, 11) is 0. The molecular weight excluding hydrogens is 314 g/mol. The summed E-state index contributed by atoms with van der Waals surface area (Å²) in [5.74, 6) is -1.11. The highest BCUT2D eigenvalue weighted by molar-refractivity contribution is 6.08. The lowest BCUT2D eigenvalue weighted by Crippen LogP contribution is -2.51. The maximum Gasteiger partial charge on any atom is 0.234 e. The molecule has 1 N–H and O–H groups in total. The third kappa shape index (κ3) is 1.56. The summed E-state index contributed by atoms with van der Waals surface area (Å²) in [4.78, 5) is 27.5. The zero-order valence-electron chi connectivity index (χ0n) is 14.0. The summed E-state index contributed by atoms with van der Waals surface area (Å²) in [6, 6.07) is 16.4. The van der Waals surface area contributed by atoms with Crippen molar-refractivity contribution in [1.29, 1.82) is 0 Å². The molecule has 0 spiro atoms. The molecule has 2 aromatic carbocycles. The first-order valence-electron chi connectivity index (χ1n) is 8.75. The monoisotopic (exact) mass is 333 g/mol. The highest BCUT2D eigenvalue weighted by Crippen LogP contribution is 2.63. The maximum atomic E-state index is 13.1. The third-order valence-electron chi connectivity index (χ3n) is 6.46. The van der Waals surface area contributed by atoms with Gasteiger partial charge in [-0.2, -0.15) is 0 Å². The van der Waals surface area contributed by atoms with Gasteiger partial charge in [0.25, 0.3) is 0 Å². The molecule has 1 saturated heterocycles. The molecule has 2 atom stereocenters. The van der Waals surface area contributed by atoms with Crippen molar-refractivity contribution < 1.29 is 14.7 Å². The molecule has 2 amide bonds. The summed E-state index contributed by atoms with van der Waals surface area (Å²) in [6.45, 7) is 1.99. The van der Waals surface area contributed by atoms with E-state index in [1.165, 1.54) is 4.90 Å². The first kappa shape index (κ1) is 14.8. The first-order valence-corrected chi connectivity index (χ1v) is 8.75. The van der Waals surface area contributed by atoms with Gasteiger partial charge in [0.2, 0.25) is 11.8 Å². The zero-order valence-corrected chi connectivity index (χ0v) is 14.0.